The van der Waals surface area contributed by atoms with Gasteiger partial charge in [-0.15, -0.1) is 0 Å². The van der Waals surface area contributed by atoms with E-state index in [0.717, 1.165) is 0 Å². The van der Waals surface area contributed by atoms with Gasteiger partial charge in [0.15, 0.2) is 0 Å². The fourth-order valence-electron chi connectivity index (χ4n) is 4.26. The van der Waals surface area contributed by atoms with Gasteiger partial charge >= 0.3 is 0 Å². The van der Waals surface area contributed by atoms with Gasteiger partial charge in [-0.3, -0.25) is 0 Å². The molecule has 0 saturated carbocycles. The van der Waals surface area contributed by atoms with Crippen molar-refractivity contribution < 1.29 is 0 Å². The monoisotopic (exact) mass is 459 g/mol. The highest BCUT2D eigenvalue weighted by Crippen LogP contribution is 2.35. The lowest BCUT2D eigenvalue weighted by Gasteiger charge is -2.11. The Hall–Kier alpha value is -3.68. The van der Waals surface area contributed by atoms with E-state index in [4.69, 9.17) is 0 Å². The number of nitrogens with two attached hydrogens (primary N) is 1. The molecule has 0 spiro atoms. The maximum Gasteiger partial charge on any atom is -0.00241 e. The number of rotatable bonds is 1. The summed E-state index contributed by atoms with van der Waals surface area (Å²) < 4.78 is 0. The molecule has 2 N–H and O–H groups in total. The van der Waals surface area contributed by atoms with Crippen molar-refractivity contribution in [1.82, 2.24) is 0 Å². The van der Waals surface area contributed by atoms with Crippen molar-refractivity contribution in [2.75, 3.05) is 7.05 Å². The first kappa shape index (κ1) is 25.9. The Morgan fingerprint density at radius 2 is 0.971 bits per heavy atom. The molecule has 1 nitrogen and oxygen atoms in total. The van der Waals surface area contributed by atoms with E-state index in [2.05, 4.69) is 137 Å². The summed E-state index contributed by atoms with van der Waals surface area (Å²) in [5.41, 5.74) is 9.73. The zero-order chi connectivity index (χ0) is 25.2. The van der Waals surface area contributed by atoms with Crippen LogP contribution in [0.3, 0.4) is 0 Å². The van der Waals surface area contributed by atoms with E-state index in [1.807, 2.05) is 6.07 Å². The predicted molar refractivity (Wildman–Crippen MR) is 158 cm³/mol. The van der Waals surface area contributed by atoms with Crippen molar-refractivity contribution in [2.24, 2.45) is 5.73 Å². The SMILES string of the molecule is CCC.CN.Cc1ccc(-c2ccccc2)cc1.Cc1ccc2ccc3cccc4ccc1c2c34. The quantitative estimate of drug-likeness (QED) is 0.243. The van der Waals surface area contributed by atoms with Crippen LogP contribution in [0.1, 0.15) is 31.4 Å². The summed E-state index contributed by atoms with van der Waals surface area (Å²) in [6.45, 7) is 8.54. The Labute approximate surface area is 210 Å². The summed E-state index contributed by atoms with van der Waals surface area (Å²) in [6.07, 6.45) is 1.25. The van der Waals surface area contributed by atoms with Crippen LogP contribution in [-0.2, 0) is 0 Å². The highest BCUT2D eigenvalue weighted by Gasteiger charge is 2.08. The minimum atomic E-state index is 1.25. The first-order valence-corrected chi connectivity index (χ1v) is 12.4. The minimum absolute atomic E-state index is 1.25. The standard InChI is InChI=1S/C17H12.C13H12.C3H8.CH5N/c1-11-5-6-14-8-7-12-3-2-4-13-9-10-15(11)17(14)16(12)13;1-11-7-9-13(10-8-11)12-5-3-2-4-6-12;1-3-2;1-2/h2-10H,1H3;2-10H,1H3;3H2,1-2H3;2H2,1H3. The van der Waals surface area contributed by atoms with Gasteiger partial charge in [-0.1, -0.05) is 135 Å². The summed E-state index contributed by atoms with van der Waals surface area (Å²) in [7, 11) is 1.50. The summed E-state index contributed by atoms with van der Waals surface area (Å²) >= 11 is 0. The molecule has 0 radical (unpaired) electrons. The van der Waals surface area contributed by atoms with Crippen molar-refractivity contribution in [3.8, 4) is 11.1 Å². The van der Waals surface area contributed by atoms with Crippen LogP contribution in [0.15, 0.2) is 109 Å². The normalized spacial score (nSPS) is 10.1. The van der Waals surface area contributed by atoms with Gasteiger partial charge in [-0.2, -0.15) is 0 Å². The van der Waals surface area contributed by atoms with Crippen LogP contribution >= 0.6 is 0 Å². The van der Waals surface area contributed by atoms with Crippen LogP contribution in [0.25, 0.3) is 43.4 Å². The van der Waals surface area contributed by atoms with Crippen LogP contribution in [0.4, 0.5) is 0 Å². The van der Waals surface area contributed by atoms with Crippen molar-refractivity contribution in [3.63, 3.8) is 0 Å². The molecule has 1 heteroatoms. The second kappa shape index (κ2) is 12.7. The maximum atomic E-state index is 4.50. The van der Waals surface area contributed by atoms with Crippen molar-refractivity contribution in [2.45, 2.75) is 34.1 Å². The molecule has 6 aromatic carbocycles. The summed E-state index contributed by atoms with van der Waals surface area (Å²) in [4.78, 5) is 0. The van der Waals surface area contributed by atoms with Crippen LogP contribution in [0, 0.1) is 13.8 Å². The largest absolute Gasteiger partial charge is 0.333 e. The average molecular weight is 460 g/mol. The topological polar surface area (TPSA) is 26.0 Å². The zero-order valence-electron chi connectivity index (χ0n) is 21.7. The fourth-order valence-corrected chi connectivity index (χ4v) is 4.26. The molecule has 0 saturated heterocycles. The first-order valence-electron chi connectivity index (χ1n) is 12.4. The number of benzene rings is 6. The van der Waals surface area contributed by atoms with Crippen molar-refractivity contribution in [3.05, 3.63) is 120 Å². The second-order valence-electron chi connectivity index (χ2n) is 8.68. The Morgan fingerprint density at radius 3 is 1.57 bits per heavy atom. The first-order chi connectivity index (χ1) is 17.1. The molecule has 0 aliphatic rings. The molecule has 178 valence electrons. The fraction of sp³-hybridized carbons (Fsp3) is 0.176. The summed E-state index contributed by atoms with van der Waals surface area (Å²) in [5, 5.41) is 8.23. The van der Waals surface area contributed by atoms with E-state index >= 15 is 0 Å². The molecule has 0 bridgehead atoms. The molecule has 0 aliphatic heterocycles. The zero-order valence-corrected chi connectivity index (χ0v) is 21.7. The van der Waals surface area contributed by atoms with E-state index in [0.29, 0.717) is 0 Å². The molecular formula is C34H37N. The lowest BCUT2D eigenvalue weighted by Crippen LogP contribution is -1.85. The molecule has 0 atom stereocenters. The lowest BCUT2D eigenvalue weighted by molar-refractivity contribution is 1.09. The van der Waals surface area contributed by atoms with Crippen molar-refractivity contribution in [1.29, 1.82) is 0 Å². The molecule has 0 unspecified atom stereocenters. The molecule has 0 amide bonds. The van der Waals surface area contributed by atoms with Gasteiger partial charge in [-0.25, -0.2) is 0 Å². The molecule has 0 heterocycles. The van der Waals surface area contributed by atoms with Gasteiger partial charge in [0.25, 0.3) is 0 Å². The van der Waals surface area contributed by atoms with Crippen LogP contribution in [-0.4, -0.2) is 7.05 Å². The van der Waals surface area contributed by atoms with E-state index in [-0.39, 0.29) is 0 Å². The summed E-state index contributed by atoms with van der Waals surface area (Å²) in [6, 6.07) is 38.9. The van der Waals surface area contributed by atoms with Gasteiger partial charge in [0.1, 0.15) is 0 Å². The molecule has 6 aromatic rings. The second-order valence-corrected chi connectivity index (χ2v) is 8.68. The maximum absolute atomic E-state index is 4.50. The number of aryl methyl sites for hydroxylation is 2. The van der Waals surface area contributed by atoms with E-state index in [1.54, 1.807) is 0 Å². The highest BCUT2D eigenvalue weighted by molar-refractivity contribution is 6.23. The van der Waals surface area contributed by atoms with Crippen LogP contribution in [0.5, 0.6) is 0 Å². The Kier molecular flexibility index (Phi) is 9.40. The van der Waals surface area contributed by atoms with Gasteiger partial charge in [0, 0.05) is 0 Å². The number of hydrogen-bond acceptors (Lipinski definition) is 1. The van der Waals surface area contributed by atoms with E-state index < -0.39 is 0 Å². The molecule has 0 aliphatic carbocycles. The van der Waals surface area contributed by atoms with Crippen molar-refractivity contribution >= 4 is 32.3 Å². The Bertz CT molecular complexity index is 1430. The molecule has 6 rings (SSSR count). The van der Waals surface area contributed by atoms with Gasteiger partial charge in [0.05, 0.1) is 0 Å². The minimum Gasteiger partial charge on any atom is -0.333 e. The Balaban J connectivity index is 0.000000170. The van der Waals surface area contributed by atoms with Crippen LogP contribution < -0.4 is 5.73 Å². The van der Waals surface area contributed by atoms with Gasteiger partial charge in [-0.05, 0) is 69.9 Å². The van der Waals surface area contributed by atoms with Gasteiger partial charge in [0.2, 0.25) is 0 Å². The number of hydrogen-bond donors (Lipinski definition) is 1. The third-order valence-corrected chi connectivity index (χ3v) is 5.91. The highest BCUT2D eigenvalue weighted by atomic mass is 14.4. The third kappa shape index (κ3) is 6.07. The lowest BCUT2D eigenvalue weighted by atomic mass is 9.92. The average Bonchev–Trinajstić information content (AvgIpc) is 2.91. The molecule has 0 fully saturated rings. The smallest absolute Gasteiger partial charge is 0.00241 e. The third-order valence-electron chi connectivity index (χ3n) is 5.91. The Morgan fingerprint density at radius 1 is 0.486 bits per heavy atom. The summed E-state index contributed by atoms with van der Waals surface area (Å²) in [5.74, 6) is 0. The van der Waals surface area contributed by atoms with E-state index in [9.17, 15) is 0 Å². The molecular weight excluding hydrogens is 422 g/mol. The molecule has 0 aromatic heterocycles. The van der Waals surface area contributed by atoms with Crippen LogP contribution in [0.2, 0.25) is 0 Å². The van der Waals surface area contributed by atoms with E-state index in [1.165, 1.54) is 68.0 Å². The van der Waals surface area contributed by atoms with Gasteiger partial charge < -0.3 is 5.73 Å². The predicted octanol–water partition coefficient (Wildman–Crippen LogP) is 9.55. The molecule has 35 heavy (non-hydrogen) atoms.